The van der Waals surface area contributed by atoms with E-state index in [2.05, 4.69) is 15.4 Å². The number of hydrogen-bond donors (Lipinski definition) is 1. The molecule has 8 heteroatoms. The molecule has 3 heterocycles. The molecular weight excluding hydrogens is 376 g/mol. The number of aromatic nitrogens is 3. The Balaban J connectivity index is 1.81. The number of aryl methyl sites for hydroxylation is 1. The number of pyridine rings is 1. The number of nitrogens with zero attached hydrogens (tertiary/aromatic N) is 3. The molecule has 142 valence electrons. The number of anilines is 1. The van der Waals surface area contributed by atoms with Crippen LogP contribution in [0.5, 0.6) is 0 Å². The Morgan fingerprint density at radius 2 is 2.04 bits per heavy atom. The number of rotatable bonds is 3. The van der Waals surface area contributed by atoms with Crippen molar-refractivity contribution in [3.63, 3.8) is 0 Å². The number of fused-ring (bicyclic) bond motifs is 1. The first-order valence-electron chi connectivity index (χ1n) is 8.69. The van der Waals surface area contributed by atoms with Crippen LogP contribution in [0.15, 0.2) is 48.7 Å². The number of amides is 1. The van der Waals surface area contributed by atoms with Crippen LogP contribution in [0.3, 0.4) is 0 Å². The molecule has 7 nitrogen and oxygen atoms in total. The highest BCUT2D eigenvalue weighted by Gasteiger charge is 2.30. The summed E-state index contributed by atoms with van der Waals surface area (Å²) >= 11 is 1.53. The largest absolute Gasteiger partial charge is 0.465 e. The quantitative estimate of drug-likeness (QED) is 0.687. The Bertz CT molecular complexity index is 1030. The molecule has 4 rings (SSSR count). The van der Waals surface area contributed by atoms with Crippen molar-refractivity contribution in [1.29, 1.82) is 0 Å². The molecule has 1 N–H and O–H groups in total. The first-order chi connectivity index (χ1) is 13.6. The summed E-state index contributed by atoms with van der Waals surface area (Å²) in [5.74, 6) is 1.13. The molecule has 0 fully saturated rings. The maximum atomic E-state index is 12.3. The molecular formula is C20H18N4O3S. The molecule has 1 aliphatic rings. The van der Waals surface area contributed by atoms with Gasteiger partial charge in [-0.1, -0.05) is 18.2 Å². The summed E-state index contributed by atoms with van der Waals surface area (Å²) < 4.78 is 6.44. The second-order valence-corrected chi connectivity index (χ2v) is 7.39. The van der Waals surface area contributed by atoms with E-state index >= 15 is 0 Å². The van der Waals surface area contributed by atoms with Crippen LogP contribution in [0, 0.1) is 6.92 Å². The van der Waals surface area contributed by atoms with Crippen LogP contribution < -0.4 is 5.32 Å². The maximum absolute atomic E-state index is 12.3. The average molecular weight is 394 g/mol. The van der Waals surface area contributed by atoms with Gasteiger partial charge in [0.15, 0.2) is 5.82 Å². The number of benzene rings is 1. The topological polar surface area (TPSA) is 86.1 Å². The van der Waals surface area contributed by atoms with Gasteiger partial charge in [-0.2, -0.15) is 9.78 Å². The average Bonchev–Trinajstić information content (AvgIpc) is 2.93. The summed E-state index contributed by atoms with van der Waals surface area (Å²) in [5, 5.41) is 7.50. The van der Waals surface area contributed by atoms with Gasteiger partial charge in [0.1, 0.15) is 5.82 Å². The summed E-state index contributed by atoms with van der Waals surface area (Å²) in [5.41, 5.74) is 3.23. The van der Waals surface area contributed by atoms with E-state index in [0.717, 1.165) is 16.8 Å². The van der Waals surface area contributed by atoms with Crippen LogP contribution in [-0.4, -0.2) is 39.5 Å². The molecule has 1 aliphatic heterocycles. The Morgan fingerprint density at radius 1 is 1.25 bits per heavy atom. The van der Waals surface area contributed by atoms with Crippen LogP contribution >= 0.6 is 11.8 Å². The van der Waals surface area contributed by atoms with Gasteiger partial charge in [0.25, 0.3) is 0 Å². The third kappa shape index (κ3) is 3.27. The Morgan fingerprint density at radius 3 is 2.71 bits per heavy atom. The van der Waals surface area contributed by atoms with E-state index in [1.54, 1.807) is 23.0 Å². The van der Waals surface area contributed by atoms with E-state index in [9.17, 15) is 9.59 Å². The number of nitrogens with one attached hydrogen (secondary N) is 1. The zero-order valence-electron chi connectivity index (χ0n) is 15.4. The number of carbonyl (C=O) groups excluding carboxylic acids is 2. The van der Waals surface area contributed by atoms with Crippen molar-refractivity contribution < 1.29 is 14.3 Å². The zero-order chi connectivity index (χ0) is 19.7. The lowest BCUT2D eigenvalue weighted by atomic mass is 10.0. The number of ether oxygens (including phenoxy) is 1. The van der Waals surface area contributed by atoms with Crippen LogP contribution in [0.1, 0.15) is 32.4 Å². The van der Waals surface area contributed by atoms with Gasteiger partial charge in [-0.25, -0.2) is 9.78 Å². The highest BCUT2D eigenvalue weighted by atomic mass is 32.2. The smallest absolute Gasteiger partial charge is 0.337 e. The van der Waals surface area contributed by atoms with Crippen LogP contribution in [0.25, 0.3) is 5.82 Å². The minimum atomic E-state index is -0.378. The highest BCUT2D eigenvalue weighted by molar-refractivity contribution is 8.00. The van der Waals surface area contributed by atoms with Gasteiger partial charge < -0.3 is 10.1 Å². The third-order valence-electron chi connectivity index (χ3n) is 4.51. The van der Waals surface area contributed by atoms with Crippen LogP contribution in [-0.2, 0) is 9.53 Å². The number of methoxy groups -OCH3 is 1. The summed E-state index contributed by atoms with van der Waals surface area (Å²) in [6.45, 7) is 1.92. The van der Waals surface area contributed by atoms with Crippen molar-refractivity contribution in [2.75, 3.05) is 18.2 Å². The predicted molar refractivity (Wildman–Crippen MR) is 107 cm³/mol. The van der Waals surface area contributed by atoms with Gasteiger partial charge in [0.05, 0.1) is 29.4 Å². The molecule has 0 aliphatic carbocycles. The molecule has 28 heavy (non-hydrogen) atoms. The molecule has 1 atom stereocenters. The van der Waals surface area contributed by atoms with Gasteiger partial charge in [-0.05, 0) is 36.8 Å². The Kier molecular flexibility index (Phi) is 4.87. The summed E-state index contributed by atoms with van der Waals surface area (Å²) in [6, 6.07) is 12.8. The van der Waals surface area contributed by atoms with Gasteiger partial charge >= 0.3 is 5.97 Å². The van der Waals surface area contributed by atoms with Crippen molar-refractivity contribution in [3.8, 4) is 5.82 Å². The lowest BCUT2D eigenvalue weighted by molar-refractivity contribution is -0.113. The first kappa shape index (κ1) is 18.2. The minimum absolute atomic E-state index is 0.0861. The van der Waals surface area contributed by atoms with E-state index in [-0.39, 0.29) is 17.1 Å². The standard InChI is InChI=1S/C20H18N4O3S/c1-12-17-18(13-6-8-14(9-7-13)20(26)27-2)28-11-16(25)22-19(17)24(23-12)15-5-3-4-10-21-15/h3-10,18H,11H2,1-2H3,(H,22,25)/t18-/m0/s1. The molecule has 1 aromatic carbocycles. The SMILES string of the molecule is COC(=O)c1ccc([C@@H]2SCC(=O)Nc3c2c(C)nn3-c2ccccn2)cc1. The maximum Gasteiger partial charge on any atom is 0.337 e. The van der Waals surface area contributed by atoms with E-state index in [0.29, 0.717) is 23.0 Å². The first-order valence-corrected chi connectivity index (χ1v) is 9.74. The fourth-order valence-corrected chi connectivity index (χ4v) is 4.39. The predicted octanol–water partition coefficient (Wildman–Crippen LogP) is 3.14. The summed E-state index contributed by atoms with van der Waals surface area (Å²) in [4.78, 5) is 28.4. The monoisotopic (exact) mass is 394 g/mol. The molecule has 3 aromatic rings. The van der Waals surface area contributed by atoms with E-state index < -0.39 is 0 Å². The number of carbonyl (C=O) groups is 2. The van der Waals surface area contributed by atoms with Crippen molar-refractivity contribution in [1.82, 2.24) is 14.8 Å². The Labute approximate surface area is 166 Å². The fraction of sp³-hybridized carbons (Fsp3) is 0.200. The number of thioether (sulfide) groups is 1. The lowest BCUT2D eigenvalue weighted by Gasteiger charge is -2.15. The van der Waals surface area contributed by atoms with Crippen molar-refractivity contribution in [3.05, 3.63) is 71.0 Å². The second-order valence-electron chi connectivity index (χ2n) is 6.30. The second kappa shape index (κ2) is 7.47. The Hall–Kier alpha value is -3.13. The van der Waals surface area contributed by atoms with Crippen LogP contribution in [0.4, 0.5) is 5.82 Å². The van der Waals surface area contributed by atoms with E-state index in [1.165, 1.54) is 18.9 Å². The molecule has 0 radical (unpaired) electrons. The molecule has 0 bridgehead atoms. The normalized spacial score (nSPS) is 16.1. The van der Waals surface area contributed by atoms with Crippen molar-refractivity contribution in [2.45, 2.75) is 12.2 Å². The molecule has 0 unspecified atom stereocenters. The van der Waals surface area contributed by atoms with Crippen molar-refractivity contribution in [2.24, 2.45) is 0 Å². The number of esters is 1. The minimum Gasteiger partial charge on any atom is -0.465 e. The highest BCUT2D eigenvalue weighted by Crippen LogP contribution is 2.43. The summed E-state index contributed by atoms with van der Waals surface area (Å²) in [7, 11) is 1.36. The van der Waals surface area contributed by atoms with Gasteiger partial charge in [-0.3, -0.25) is 4.79 Å². The van der Waals surface area contributed by atoms with Gasteiger partial charge in [-0.15, -0.1) is 11.8 Å². The fourth-order valence-electron chi connectivity index (χ4n) is 3.20. The third-order valence-corrected chi connectivity index (χ3v) is 5.78. The van der Waals surface area contributed by atoms with Gasteiger partial charge in [0.2, 0.25) is 5.91 Å². The van der Waals surface area contributed by atoms with E-state index in [4.69, 9.17) is 4.74 Å². The van der Waals surface area contributed by atoms with Crippen molar-refractivity contribution >= 4 is 29.5 Å². The molecule has 0 spiro atoms. The van der Waals surface area contributed by atoms with E-state index in [1.807, 2.05) is 37.3 Å². The molecule has 1 amide bonds. The van der Waals surface area contributed by atoms with Crippen LogP contribution in [0.2, 0.25) is 0 Å². The molecule has 2 aromatic heterocycles. The number of hydrogen-bond acceptors (Lipinski definition) is 6. The summed E-state index contributed by atoms with van der Waals surface area (Å²) in [6.07, 6.45) is 1.69. The van der Waals surface area contributed by atoms with Gasteiger partial charge in [0, 0.05) is 11.8 Å². The lowest BCUT2D eigenvalue weighted by Crippen LogP contribution is -2.16. The molecule has 0 saturated heterocycles. The molecule has 0 saturated carbocycles. The zero-order valence-corrected chi connectivity index (χ0v) is 16.2.